The van der Waals surface area contributed by atoms with Crippen LogP contribution in [0.15, 0.2) is 0 Å². The van der Waals surface area contributed by atoms with Crippen molar-refractivity contribution in [2.24, 2.45) is 5.92 Å². The standard InChI is InChI=1S/C16H28O4S/c1-12-2-6-15(7-3-12)21(17,18)16-8-4-13(5-9-16)19-10-14-11-20-14/h12-16H,2-11H2,1H3. The topological polar surface area (TPSA) is 55.9 Å². The second kappa shape index (κ2) is 6.55. The van der Waals surface area contributed by atoms with Crippen LogP contribution in [0.5, 0.6) is 0 Å². The molecule has 0 aromatic carbocycles. The fraction of sp³-hybridized carbons (Fsp3) is 1.00. The van der Waals surface area contributed by atoms with Crippen LogP contribution in [0.2, 0.25) is 0 Å². The van der Waals surface area contributed by atoms with Gasteiger partial charge in [-0.25, -0.2) is 8.42 Å². The van der Waals surface area contributed by atoms with Crippen molar-refractivity contribution in [1.82, 2.24) is 0 Å². The average molecular weight is 316 g/mol. The van der Waals surface area contributed by atoms with E-state index in [-0.39, 0.29) is 16.6 Å². The molecular formula is C16H28O4S. The Kier molecular flexibility index (Phi) is 4.91. The molecule has 3 fully saturated rings. The lowest BCUT2D eigenvalue weighted by atomic mass is 9.91. The van der Waals surface area contributed by atoms with Gasteiger partial charge in [-0.1, -0.05) is 6.92 Å². The van der Waals surface area contributed by atoms with E-state index in [1.54, 1.807) is 0 Å². The van der Waals surface area contributed by atoms with Crippen LogP contribution in [0.1, 0.15) is 58.3 Å². The van der Waals surface area contributed by atoms with E-state index in [1.165, 1.54) is 0 Å². The Hall–Kier alpha value is -0.130. The van der Waals surface area contributed by atoms with Crippen molar-refractivity contribution in [3.63, 3.8) is 0 Å². The fourth-order valence-corrected chi connectivity index (χ4v) is 6.17. The van der Waals surface area contributed by atoms with E-state index >= 15 is 0 Å². The quantitative estimate of drug-likeness (QED) is 0.732. The minimum atomic E-state index is -2.93. The normalized spacial score (nSPS) is 40.9. The van der Waals surface area contributed by atoms with Crippen molar-refractivity contribution in [2.75, 3.05) is 13.2 Å². The van der Waals surface area contributed by atoms with E-state index in [1.807, 2.05) is 0 Å². The molecule has 4 nitrogen and oxygen atoms in total. The first-order valence-electron chi connectivity index (χ1n) is 8.51. The maximum atomic E-state index is 12.8. The number of hydrogen-bond acceptors (Lipinski definition) is 4. The number of sulfone groups is 1. The van der Waals surface area contributed by atoms with Gasteiger partial charge >= 0.3 is 0 Å². The summed E-state index contributed by atoms with van der Waals surface area (Å²) in [5.74, 6) is 0.699. The molecule has 0 N–H and O–H groups in total. The SMILES string of the molecule is CC1CCC(S(=O)(=O)C2CCC(OCC3CO3)CC2)CC1. The second-order valence-electron chi connectivity index (χ2n) is 7.16. The minimum Gasteiger partial charge on any atom is -0.375 e. The molecule has 0 aromatic rings. The van der Waals surface area contributed by atoms with Gasteiger partial charge in [-0.3, -0.25) is 0 Å². The predicted octanol–water partition coefficient (Wildman–Crippen LogP) is 2.71. The Morgan fingerprint density at radius 1 is 0.952 bits per heavy atom. The van der Waals surface area contributed by atoms with Gasteiger partial charge in [0.05, 0.1) is 29.8 Å². The highest BCUT2D eigenvalue weighted by Crippen LogP contribution is 2.35. The number of ether oxygens (including phenoxy) is 2. The van der Waals surface area contributed by atoms with Gasteiger partial charge in [-0.15, -0.1) is 0 Å². The lowest BCUT2D eigenvalue weighted by Crippen LogP contribution is -2.38. The van der Waals surface area contributed by atoms with Crippen LogP contribution < -0.4 is 0 Å². The molecule has 0 amide bonds. The molecule has 1 aliphatic heterocycles. The number of rotatable bonds is 5. The summed E-state index contributed by atoms with van der Waals surface area (Å²) in [5, 5.41) is -0.191. The molecule has 1 saturated heterocycles. The van der Waals surface area contributed by atoms with Crippen molar-refractivity contribution in [1.29, 1.82) is 0 Å². The molecule has 0 bridgehead atoms. The van der Waals surface area contributed by atoms with Crippen molar-refractivity contribution in [3.8, 4) is 0 Å². The number of epoxide rings is 1. The summed E-state index contributed by atoms with van der Waals surface area (Å²) in [6.45, 7) is 3.74. The zero-order valence-electron chi connectivity index (χ0n) is 13.0. The van der Waals surface area contributed by atoms with Gasteiger partial charge in [-0.2, -0.15) is 0 Å². The van der Waals surface area contributed by atoms with Crippen LogP contribution >= 0.6 is 0 Å². The zero-order chi connectivity index (χ0) is 14.9. The first-order chi connectivity index (χ1) is 10.1. The minimum absolute atomic E-state index is 0.0731. The van der Waals surface area contributed by atoms with Crippen LogP contribution in [0.4, 0.5) is 0 Å². The largest absolute Gasteiger partial charge is 0.375 e. The summed E-state index contributed by atoms with van der Waals surface area (Å²) in [4.78, 5) is 0. The Labute approximate surface area is 128 Å². The zero-order valence-corrected chi connectivity index (χ0v) is 13.8. The smallest absolute Gasteiger partial charge is 0.156 e. The Morgan fingerprint density at radius 2 is 1.48 bits per heavy atom. The summed E-state index contributed by atoms with van der Waals surface area (Å²) in [7, 11) is -2.93. The Morgan fingerprint density at radius 3 is 2.00 bits per heavy atom. The van der Waals surface area contributed by atoms with Gasteiger partial charge in [-0.05, 0) is 57.3 Å². The van der Waals surface area contributed by atoms with Crippen molar-refractivity contribution in [2.45, 2.75) is 81.0 Å². The van der Waals surface area contributed by atoms with E-state index < -0.39 is 9.84 Å². The van der Waals surface area contributed by atoms with Gasteiger partial charge in [0.1, 0.15) is 6.10 Å². The molecule has 3 aliphatic rings. The molecule has 0 aromatic heterocycles. The van der Waals surface area contributed by atoms with Gasteiger partial charge < -0.3 is 9.47 Å². The van der Waals surface area contributed by atoms with Crippen LogP contribution in [0.25, 0.3) is 0 Å². The monoisotopic (exact) mass is 316 g/mol. The molecular weight excluding hydrogens is 288 g/mol. The first-order valence-corrected chi connectivity index (χ1v) is 10.1. The van der Waals surface area contributed by atoms with Crippen LogP contribution in [0.3, 0.4) is 0 Å². The molecule has 3 rings (SSSR count). The maximum Gasteiger partial charge on any atom is 0.156 e. The van der Waals surface area contributed by atoms with Gasteiger partial charge in [0.25, 0.3) is 0 Å². The van der Waals surface area contributed by atoms with Crippen molar-refractivity contribution < 1.29 is 17.9 Å². The third-order valence-electron chi connectivity index (χ3n) is 5.43. The molecule has 1 atom stereocenters. The molecule has 5 heteroatoms. The fourth-order valence-electron chi connectivity index (χ4n) is 3.77. The van der Waals surface area contributed by atoms with Gasteiger partial charge in [0, 0.05) is 0 Å². The van der Waals surface area contributed by atoms with Gasteiger partial charge in [0.15, 0.2) is 9.84 Å². The molecule has 122 valence electrons. The lowest BCUT2D eigenvalue weighted by Gasteiger charge is -2.33. The first kappa shape index (κ1) is 15.8. The van der Waals surface area contributed by atoms with E-state index in [0.29, 0.717) is 18.6 Å². The third kappa shape index (κ3) is 3.99. The molecule has 0 spiro atoms. The van der Waals surface area contributed by atoms with E-state index in [2.05, 4.69) is 6.92 Å². The predicted molar refractivity (Wildman–Crippen MR) is 82.1 cm³/mol. The summed E-state index contributed by atoms with van der Waals surface area (Å²) in [5.41, 5.74) is 0. The molecule has 2 saturated carbocycles. The lowest BCUT2D eigenvalue weighted by molar-refractivity contribution is 0.0204. The second-order valence-corrected chi connectivity index (χ2v) is 9.67. The van der Waals surface area contributed by atoms with Crippen molar-refractivity contribution in [3.05, 3.63) is 0 Å². The van der Waals surface area contributed by atoms with Crippen molar-refractivity contribution >= 4 is 9.84 Å². The molecule has 1 unspecified atom stereocenters. The van der Waals surface area contributed by atoms with Crippen LogP contribution in [-0.4, -0.2) is 44.3 Å². The molecule has 1 heterocycles. The molecule has 2 aliphatic carbocycles. The van der Waals surface area contributed by atoms with Crippen LogP contribution in [0, 0.1) is 5.92 Å². The summed E-state index contributed by atoms with van der Waals surface area (Å²) >= 11 is 0. The third-order valence-corrected chi connectivity index (χ3v) is 8.23. The van der Waals surface area contributed by atoms with E-state index in [4.69, 9.17) is 9.47 Å². The highest BCUT2D eigenvalue weighted by molar-refractivity contribution is 7.92. The van der Waals surface area contributed by atoms with E-state index in [0.717, 1.165) is 58.0 Å². The summed E-state index contributed by atoms with van der Waals surface area (Å²) in [6, 6.07) is 0. The molecule has 21 heavy (non-hydrogen) atoms. The highest BCUT2D eigenvalue weighted by Gasteiger charge is 2.38. The molecule has 0 radical (unpaired) electrons. The van der Waals surface area contributed by atoms with Gasteiger partial charge in [0.2, 0.25) is 0 Å². The number of hydrogen-bond donors (Lipinski definition) is 0. The Bertz CT molecular complexity index is 427. The summed E-state index contributed by atoms with van der Waals surface area (Å²) in [6.07, 6.45) is 7.78. The van der Waals surface area contributed by atoms with Crippen LogP contribution in [-0.2, 0) is 19.3 Å². The Balaban J connectivity index is 1.48. The maximum absolute atomic E-state index is 12.8. The summed E-state index contributed by atoms with van der Waals surface area (Å²) < 4.78 is 36.5. The van der Waals surface area contributed by atoms with E-state index in [9.17, 15) is 8.42 Å². The highest BCUT2D eigenvalue weighted by atomic mass is 32.2. The average Bonchev–Trinajstić information content (AvgIpc) is 3.30.